The largest absolute Gasteiger partial charge is 0.382 e. The second kappa shape index (κ2) is 23.7. The van der Waals surface area contributed by atoms with Gasteiger partial charge in [-0.25, -0.2) is 0 Å². The first-order valence-electron chi connectivity index (χ1n) is 15.6. The van der Waals surface area contributed by atoms with E-state index >= 15 is 0 Å². The molecule has 0 heterocycles. The van der Waals surface area contributed by atoms with Crippen LogP contribution in [0.2, 0.25) is 0 Å². The van der Waals surface area contributed by atoms with Crippen molar-refractivity contribution in [3.8, 4) is 0 Å². The Morgan fingerprint density at radius 1 is 0.644 bits per heavy atom. The molecule has 4 amide bonds. The maximum absolute atomic E-state index is 13.0. The third-order valence-corrected chi connectivity index (χ3v) is 6.90. The lowest BCUT2D eigenvalue weighted by molar-refractivity contribution is -0.135. The molecule has 3 N–H and O–H groups in total. The van der Waals surface area contributed by atoms with Gasteiger partial charge in [0.2, 0.25) is 23.6 Å². The lowest BCUT2D eigenvalue weighted by Gasteiger charge is -2.18. The number of rotatable bonds is 24. The summed E-state index contributed by atoms with van der Waals surface area (Å²) in [5, 5.41) is 7.83. The van der Waals surface area contributed by atoms with Gasteiger partial charge in [0.1, 0.15) is 19.3 Å². The van der Waals surface area contributed by atoms with Crippen molar-refractivity contribution in [1.29, 1.82) is 0 Å². The van der Waals surface area contributed by atoms with Crippen molar-refractivity contribution in [3.05, 3.63) is 71.3 Å². The first-order chi connectivity index (χ1) is 21.9. The normalized spacial score (nSPS) is 11.5. The first kappa shape index (κ1) is 37.5. The van der Waals surface area contributed by atoms with Crippen LogP contribution in [-0.2, 0) is 57.4 Å². The van der Waals surface area contributed by atoms with E-state index in [9.17, 15) is 19.2 Å². The summed E-state index contributed by atoms with van der Waals surface area (Å²) in [7, 11) is 3.08. The van der Waals surface area contributed by atoms with Crippen molar-refractivity contribution < 1.29 is 38.1 Å². The van der Waals surface area contributed by atoms with Crippen molar-refractivity contribution >= 4 is 23.6 Å². The number of imide groups is 1. The van der Waals surface area contributed by atoms with Gasteiger partial charge in [-0.15, -0.1) is 0 Å². The SMILES string of the molecule is COCCOCC(=O)NCCCC[C@H](NC(=O)COCCOC)C(=O)NC(=O)Cc1ccc(CCCCc2ccccc2)cc1. The van der Waals surface area contributed by atoms with Gasteiger partial charge in [0, 0.05) is 20.8 Å². The van der Waals surface area contributed by atoms with Gasteiger partial charge >= 0.3 is 0 Å². The van der Waals surface area contributed by atoms with E-state index in [1.807, 2.05) is 30.3 Å². The number of aryl methyl sites for hydroxylation is 2. The average molecular weight is 628 g/mol. The molecule has 0 unspecified atom stereocenters. The highest BCUT2D eigenvalue weighted by molar-refractivity contribution is 5.99. The molecule has 0 bridgehead atoms. The Kier molecular flexibility index (Phi) is 19.8. The van der Waals surface area contributed by atoms with Crippen LogP contribution in [0.15, 0.2) is 54.6 Å². The zero-order valence-corrected chi connectivity index (χ0v) is 26.6. The molecule has 0 aliphatic heterocycles. The number of carbonyl (C=O) groups excluding carboxylic acids is 4. The van der Waals surface area contributed by atoms with E-state index in [1.165, 1.54) is 18.2 Å². The highest BCUT2D eigenvalue weighted by Crippen LogP contribution is 2.11. The fourth-order valence-corrected chi connectivity index (χ4v) is 4.45. The van der Waals surface area contributed by atoms with Crippen LogP contribution in [0.3, 0.4) is 0 Å². The van der Waals surface area contributed by atoms with Crippen LogP contribution in [0.25, 0.3) is 0 Å². The molecule has 2 aromatic carbocycles. The third kappa shape index (κ3) is 18.1. The van der Waals surface area contributed by atoms with Crippen LogP contribution in [-0.4, -0.2) is 90.1 Å². The lowest BCUT2D eigenvalue weighted by atomic mass is 10.0. The number of hydrogen-bond acceptors (Lipinski definition) is 8. The lowest BCUT2D eigenvalue weighted by Crippen LogP contribution is -2.49. The van der Waals surface area contributed by atoms with E-state index in [0.717, 1.165) is 31.2 Å². The van der Waals surface area contributed by atoms with Gasteiger partial charge in [-0.2, -0.15) is 0 Å². The zero-order valence-electron chi connectivity index (χ0n) is 26.6. The van der Waals surface area contributed by atoms with Crippen LogP contribution < -0.4 is 16.0 Å². The molecule has 2 rings (SSSR count). The van der Waals surface area contributed by atoms with Crippen LogP contribution >= 0.6 is 0 Å². The quantitative estimate of drug-likeness (QED) is 0.151. The van der Waals surface area contributed by atoms with Gasteiger partial charge in [0.05, 0.1) is 32.8 Å². The van der Waals surface area contributed by atoms with Crippen LogP contribution in [0, 0.1) is 0 Å². The van der Waals surface area contributed by atoms with Gasteiger partial charge in [-0.3, -0.25) is 24.5 Å². The number of methoxy groups -OCH3 is 2. The van der Waals surface area contributed by atoms with E-state index in [4.69, 9.17) is 18.9 Å². The van der Waals surface area contributed by atoms with E-state index in [1.54, 1.807) is 7.11 Å². The number of unbranched alkanes of at least 4 members (excludes halogenated alkanes) is 2. The van der Waals surface area contributed by atoms with Crippen molar-refractivity contribution in [2.75, 3.05) is 60.4 Å². The third-order valence-electron chi connectivity index (χ3n) is 6.90. The number of hydrogen-bond donors (Lipinski definition) is 3. The summed E-state index contributed by atoms with van der Waals surface area (Å²) in [5.74, 6) is -1.76. The number of nitrogens with one attached hydrogen (secondary N) is 3. The number of carbonyl (C=O) groups is 4. The molecule has 248 valence electrons. The minimum Gasteiger partial charge on any atom is -0.382 e. The summed E-state index contributed by atoms with van der Waals surface area (Å²) in [5.41, 5.74) is 3.34. The van der Waals surface area contributed by atoms with Crippen LogP contribution in [0.1, 0.15) is 48.8 Å². The zero-order chi connectivity index (χ0) is 32.5. The Hall–Kier alpha value is -3.64. The number of benzene rings is 2. The maximum atomic E-state index is 13.0. The van der Waals surface area contributed by atoms with Gasteiger partial charge in [0.25, 0.3) is 0 Å². The smallest absolute Gasteiger partial charge is 0.249 e. The molecule has 0 saturated heterocycles. The van der Waals surface area contributed by atoms with Gasteiger partial charge in [-0.1, -0.05) is 54.6 Å². The van der Waals surface area contributed by atoms with Crippen LogP contribution in [0.5, 0.6) is 0 Å². The van der Waals surface area contributed by atoms with Gasteiger partial charge in [-0.05, 0) is 61.6 Å². The van der Waals surface area contributed by atoms with Gasteiger partial charge < -0.3 is 29.6 Å². The molecule has 0 aromatic heterocycles. The standard InChI is InChI=1S/C34H49N3O8/c1-42-20-22-44-25-32(39)35-19-9-8-14-30(36-33(40)26-45-23-21-43-2)34(41)37-31(38)24-29-17-15-28(16-18-29)13-7-6-12-27-10-4-3-5-11-27/h3-5,10-11,15-18,30H,6-9,12-14,19-26H2,1-2H3,(H,35,39)(H,36,40)(H,37,38,41)/t30-/m0/s1. The predicted octanol–water partition coefficient (Wildman–Crippen LogP) is 2.53. The number of ether oxygens (including phenoxy) is 4. The maximum Gasteiger partial charge on any atom is 0.249 e. The monoisotopic (exact) mass is 627 g/mol. The average Bonchev–Trinajstić information content (AvgIpc) is 3.04. The molecular weight excluding hydrogens is 578 g/mol. The van der Waals surface area contributed by atoms with Crippen molar-refractivity contribution in [2.24, 2.45) is 0 Å². The summed E-state index contributed by atoms with van der Waals surface area (Å²) in [6.45, 7) is 1.40. The van der Waals surface area contributed by atoms with E-state index in [2.05, 4.69) is 40.2 Å². The molecule has 0 spiro atoms. The molecule has 2 aromatic rings. The summed E-state index contributed by atoms with van der Waals surface area (Å²) in [4.78, 5) is 50.0. The summed E-state index contributed by atoms with van der Waals surface area (Å²) in [6.07, 6.45) is 5.60. The van der Waals surface area contributed by atoms with Gasteiger partial charge in [0.15, 0.2) is 0 Å². The van der Waals surface area contributed by atoms with E-state index in [-0.39, 0.29) is 38.6 Å². The predicted molar refractivity (Wildman–Crippen MR) is 171 cm³/mol. The molecule has 1 atom stereocenters. The molecule has 0 aliphatic rings. The Morgan fingerprint density at radius 2 is 1.22 bits per heavy atom. The highest BCUT2D eigenvalue weighted by Gasteiger charge is 2.22. The van der Waals surface area contributed by atoms with E-state index in [0.29, 0.717) is 39.2 Å². The summed E-state index contributed by atoms with van der Waals surface area (Å²) >= 11 is 0. The molecule has 11 heteroatoms. The van der Waals surface area contributed by atoms with Crippen LogP contribution in [0.4, 0.5) is 0 Å². The van der Waals surface area contributed by atoms with Crippen molar-refractivity contribution in [1.82, 2.24) is 16.0 Å². The fourth-order valence-electron chi connectivity index (χ4n) is 4.45. The van der Waals surface area contributed by atoms with E-state index < -0.39 is 23.8 Å². The Labute approximate surface area is 266 Å². The van der Waals surface area contributed by atoms with Crippen molar-refractivity contribution in [3.63, 3.8) is 0 Å². The Morgan fingerprint density at radius 3 is 1.84 bits per heavy atom. The molecule has 0 saturated carbocycles. The molecule has 0 fully saturated rings. The second-order valence-corrected chi connectivity index (χ2v) is 10.7. The molecule has 0 aliphatic carbocycles. The molecule has 45 heavy (non-hydrogen) atoms. The second-order valence-electron chi connectivity index (χ2n) is 10.7. The van der Waals surface area contributed by atoms with Crippen molar-refractivity contribution in [2.45, 2.75) is 57.4 Å². The fraction of sp³-hybridized carbons (Fsp3) is 0.529. The Bertz CT molecular complexity index is 1130. The highest BCUT2D eigenvalue weighted by atomic mass is 16.5. The topological polar surface area (TPSA) is 141 Å². The minimum atomic E-state index is -0.932. The minimum absolute atomic E-state index is 0.0410. The summed E-state index contributed by atoms with van der Waals surface area (Å²) < 4.78 is 20.2. The summed E-state index contributed by atoms with van der Waals surface area (Å²) in [6, 6.07) is 17.3. The Balaban J connectivity index is 1.78. The molecule has 0 radical (unpaired) electrons. The molecular formula is C34H49N3O8. The number of amides is 4. The first-order valence-corrected chi connectivity index (χ1v) is 15.6. The molecule has 11 nitrogen and oxygen atoms in total.